The lowest BCUT2D eigenvalue weighted by molar-refractivity contribution is -0.143. The molecule has 0 spiro atoms. The van der Waals surface area contributed by atoms with E-state index in [1.54, 1.807) is 30.3 Å². The van der Waals surface area contributed by atoms with Crippen molar-refractivity contribution < 1.29 is 39.0 Å². The summed E-state index contributed by atoms with van der Waals surface area (Å²) in [6, 6.07) is 3.07. The van der Waals surface area contributed by atoms with Gasteiger partial charge in [0.25, 0.3) is 0 Å². The summed E-state index contributed by atoms with van der Waals surface area (Å²) in [5.41, 5.74) is 17.0. The molecule has 210 valence electrons. The van der Waals surface area contributed by atoms with Crippen molar-refractivity contribution in [3.05, 3.63) is 35.9 Å². The number of amides is 4. The SMILES string of the molecule is NCCCCC(N)C(=O)NC(CC(=O)O)C(=O)NC(CCC(N)=O)C(=O)NC(Cc1ccccc1)C(=O)O. The number of nitrogens with one attached hydrogen (secondary N) is 3. The highest BCUT2D eigenvalue weighted by atomic mass is 16.4. The first kappa shape index (κ1) is 32.0. The number of benzene rings is 1. The third-order valence-electron chi connectivity index (χ3n) is 5.53. The van der Waals surface area contributed by atoms with Crippen LogP contribution in [0, 0.1) is 0 Å². The Morgan fingerprint density at radius 2 is 1.37 bits per heavy atom. The Kier molecular flexibility index (Phi) is 14.0. The number of aliphatic carboxylic acids is 2. The molecule has 0 aliphatic carbocycles. The molecule has 0 aliphatic rings. The van der Waals surface area contributed by atoms with Gasteiger partial charge in [-0.1, -0.05) is 36.8 Å². The van der Waals surface area contributed by atoms with E-state index < -0.39 is 66.2 Å². The third-order valence-corrected chi connectivity index (χ3v) is 5.53. The van der Waals surface area contributed by atoms with Crippen LogP contribution >= 0.6 is 0 Å². The Morgan fingerprint density at radius 3 is 1.92 bits per heavy atom. The van der Waals surface area contributed by atoms with E-state index in [1.807, 2.05) is 0 Å². The van der Waals surface area contributed by atoms with E-state index in [-0.39, 0.29) is 25.7 Å². The molecule has 1 aromatic carbocycles. The van der Waals surface area contributed by atoms with Crippen LogP contribution in [0.2, 0.25) is 0 Å². The van der Waals surface area contributed by atoms with Crippen molar-refractivity contribution in [2.24, 2.45) is 17.2 Å². The van der Waals surface area contributed by atoms with Gasteiger partial charge in [0, 0.05) is 12.8 Å². The minimum absolute atomic E-state index is 0.0574. The highest BCUT2D eigenvalue weighted by Gasteiger charge is 2.31. The molecule has 0 heterocycles. The zero-order valence-electron chi connectivity index (χ0n) is 20.9. The second kappa shape index (κ2) is 16.7. The quantitative estimate of drug-likeness (QED) is 0.0953. The van der Waals surface area contributed by atoms with Crippen LogP contribution in [0.1, 0.15) is 44.1 Å². The summed E-state index contributed by atoms with van der Waals surface area (Å²) in [5, 5.41) is 25.7. The summed E-state index contributed by atoms with van der Waals surface area (Å²) in [6.07, 6.45) is -0.0802. The van der Waals surface area contributed by atoms with Gasteiger partial charge in [0.1, 0.15) is 18.1 Å². The Labute approximate surface area is 219 Å². The van der Waals surface area contributed by atoms with Crippen LogP contribution in [0.5, 0.6) is 0 Å². The second-order valence-corrected chi connectivity index (χ2v) is 8.71. The van der Waals surface area contributed by atoms with Crippen molar-refractivity contribution in [2.75, 3.05) is 6.54 Å². The van der Waals surface area contributed by atoms with Crippen molar-refractivity contribution in [1.82, 2.24) is 16.0 Å². The zero-order valence-corrected chi connectivity index (χ0v) is 20.9. The molecule has 14 heteroatoms. The molecule has 0 bridgehead atoms. The predicted molar refractivity (Wildman–Crippen MR) is 135 cm³/mol. The summed E-state index contributed by atoms with van der Waals surface area (Å²) in [7, 11) is 0. The van der Waals surface area contributed by atoms with Gasteiger partial charge < -0.3 is 43.4 Å². The first-order valence-electron chi connectivity index (χ1n) is 12.1. The monoisotopic (exact) mass is 536 g/mol. The number of hydrogen-bond acceptors (Lipinski definition) is 8. The molecular weight excluding hydrogens is 500 g/mol. The highest BCUT2D eigenvalue weighted by Crippen LogP contribution is 2.07. The molecule has 1 aromatic rings. The fourth-order valence-corrected chi connectivity index (χ4v) is 3.45. The summed E-state index contributed by atoms with van der Waals surface area (Å²) in [6.45, 7) is 0.404. The number of carbonyl (C=O) groups excluding carboxylic acids is 4. The minimum Gasteiger partial charge on any atom is -0.481 e. The molecule has 0 saturated carbocycles. The molecule has 0 saturated heterocycles. The molecule has 11 N–H and O–H groups in total. The number of hydrogen-bond donors (Lipinski definition) is 8. The van der Waals surface area contributed by atoms with Gasteiger partial charge in [0.05, 0.1) is 12.5 Å². The number of primary amides is 1. The molecule has 4 atom stereocenters. The maximum atomic E-state index is 12.9. The number of carboxylic acids is 2. The lowest BCUT2D eigenvalue weighted by atomic mass is 10.0. The minimum atomic E-state index is -1.59. The number of rotatable bonds is 18. The van der Waals surface area contributed by atoms with Gasteiger partial charge in [-0.25, -0.2) is 4.79 Å². The number of carbonyl (C=O) groups is 6. The lowest BCUT2D eigenvalue weighted by Gasteiger charge is -2.24. The summed E-state index contributed by atoms with van der Waals surface area (Å²) < 4.78 is 0. The van der Waals surface area contributed by atoms with E-state index in [2.05, 4.69) is 16.0 Å². The van der Waals surface area contributed by atoms with Crippen LogP contribution in [-0.2, 0) is 35.2 Å². The van der Waals surface area contributed by atoms with E-state index in [0.29, 0.717) is 24.9 Å². The normalized spacial score (nSPS) is 13.8. The molecule has 38 heavy (non-hydrogen) atoms. The van der Waals surface area contributed by atoms with Gasteiger partial charge in [-0.05, 0) is 31.4 Å². The summed E-state index contributed by atoms with van der Waals surface area (Å²) >= 11 is 0. The van der Waals surface area contributed by atoms with Crippen LogP contribution in [0.3, 0.4) is 0 Å². The Morgan fingerprint density at radius 1 is 0.789 bits per heavy atom. The Bertz CT molecular complexity index is 974. The maximum absolute atomic E-state index is 12.9. The third kappa shape index (κ3) is 12.3. The number of carboxylic acid groups (broad SMARTS) is 2. The predicted octanol–water partition coefficient (Wildman–Crippen LogP) is -2.04. The molecule has 14 nitrogen and oxygen atoms in total. The van der Waals surface area contributed by atoms with Gasteiger partial charge in [-0.2, -0.15) is 0 Å². The van der Waals surface area contributed by atoms with Crippen molar-refractivity contribution in [3.63, 3.8) is 0 Å². The van der Waals surface area contributed by atoms with Crippen LogP contribution in [0.25, 0.3) is 0 Å². The average Bonchev–Trinajstić information content (AvgIpc) is 2.85. The van der Waals surface area contributed by atoms with Crippen LogP contribution < -0.4 is 33.2 Å². The van der Waals surface area contributed by atoms with Crippen molar-refractivity contribution in [1.29, 1.82) is 0 Å². The summed E-state index contributed by atoms with van der Waals surface area (Å²) in [4.78, 5) is 72.7. The number of unbranched alkanes of at least 4 members (excludes halogenated alkanes) is 1. The van der Waals surface area contributed by atoms with E-state index >= 15 is 0 Å². The van der Waals surface area contributed by atoms with E-state index in [4.69, 9.17) is 17.2 Å². The van der Waals surface area contributed by atoms with Gasteiger partial charge in [0.15, 0.2) is 0 Å². The topological polar surface area (TPSA) is 257 Å². The first-order valence-corrected chi connectivity index (χ1v) is 12.1. The molecule has 0 aromatic heterocycles. The van der Waals surface area contributed by atoms with Crippen molar-refractivity contribution in [3.8, 4) is 0 Å². The van der Waals surface area contributed by atoms with E-state index in [1.165, 1.54) is 0 Å². The standard InChI is InChI=1S/C24H36N6O8/c25-11-5-4-8-15(26)21(34)29-17(13-20(32)33)23(36)28-16(9-10-19(27)31)22(35)30-18(24(37)38)12-14-6-2-1-3-7-14/h1-3,6-7,15-18H,4-5,8-13,25-26H2,(H2,27,31)(H,28,36)(H,29,34)(H,30,35)(H,32,33)(H,37,38). The van der Waals surface area contributed by atoms with Crippen LogP contribution in [0.15, 0.2) is 30.3 Å². The fourth-order valence-electron chi connectivity index (χ4n) is 3.45. The van der Waals surface area contributed by atoms with Crippen molar-refractivity contribution in [2.45, 2.75) is 69.1 Å². The molecule has 4 unspecified atom stereocenters. The highest BCUT2D eigenvalue weighted by molar-refractivity contribution is 5.95. The maximum Gasteiger partial charge on any atom is 0.326 e. The fraction of sp³-hybridized carbons (Fsp3) is 0.500. The van der Waals surface area contributed by atoms with Gasteiger partial charge in [0.2, 0.25) is 23.6 Å². The largest absolute Gasteiger partial charge is 0.481 e. The smallest absolute Gasteiger partial charge is 0.326 e. The molecule has 0 radical (unpaired) electrons. The number of nitrogens with two attached hydrogens (primary N) is 3. The average molecular weight is 537 g/mol. The molecule has 0 fully saturated rings. The van der Waals surface area contributed by atoms with Crippen LogP contribution in [0.4, 0.5) is 0 Å². The second-order valence-electron chi connectivity index (χ2n) is 8.71. The van der Waals surface area contributed by atoms with Gasteiger partial charge in [-0.15, -0.1) is 0 Å². The summed E-state index contributed by atoms with van der Waals surface area (Å²) in [5.74, 6) is -6.25. The molecule has 0 aliphatic heterocycles. The molecular formula is C24H36N6O8. The first-order chi connectivity index (χ1) is 17.9. The Balaban J connectivity index is 3.00. The molecule has 1 rings (SSSR count). The van der Waals surface area contributed by atoms with E-state index in [0.717, 1.165) is 0 Å². The molecule has 4 amide bonds. The van der Waals surface area contributed by atoms with Crippen LogP contribution in [-0.4, -0.2) is 76.5 Å². The zero-order chi connectivity index (χ0) is 28.7. The Hall–Kier alpha value is -4.04. The lowest BCUT2D eigenvalue weighted by Crippen LogP contribution is -2.57. The van der Waals surface area contributed by atoms with Gasteiger partial charge in [-0.3, -0.25) is 24.0 Å². The van der Waals surface area contributed by atoms with Crippen molar-refractivity contribution >= 4 is 35.6 Å². The van der Waals surface area contributed by atoms with E-state index in [9.17, 15) is 39.0 Å². The van der Waals surface area contributed by atoms with Gasteiger partial charge >= 0.3 is 11.9 Å².